The monoisotopic (exact) mass is 570 g/mol. The molecular weight excluding hydrogens is 520 g/mol. The van der Waals surface area contributed by atoms with E-state index in [0.717, 1.165) is 60.6 Å². The third-order valence-electron chi connectivity index (χ3n) is 9.55. The molecule has 0 radical (unpaired) electrons. The molecule has 5 nitrogen and oxygen atoms in total. The van der Waals surface area contributed by atoms with Gasteiger partial charge in [0.25, 0.3) is 5.91 Å². The summed E-state index contributed by atoms with van der Waals surface area (Å²) in [5, 5.41) is 0. The number of carbonyl (C=O) groups excluding carboxylic acids is 2. The quantitative estimate of drug-likeness (QED) is 0.241. The van der Waals surface area contributed by atoms with Gasteiger partial charge >= 0.3 is 0 Å². The van der Waals surface area contributed by atoms with Gasteiger partial charge in [0.1, 0.15) is 5.76 Å². The molecule has 5 unspecified atom stereocenters. The van der Waals surface area contributed by atoms with Crippen molar-refractivity contribution >= 4 is 11.7 Å². The average Bonchev–Trinajstić information content (AvgIpc) is 3.27. The van der Waals surface area contributed by atoms with E-state index in [0.29, 0.717) is 18.1 Å². The maximum atomic E-state index is 14.5. The summed E-state index contributed by atoms with van der Waals surface area (Å²) in [6.07, 6.45) is 11.6. The molecule has 3 aliphatic rings. The number of aryl methyl sites for hydroxylation is 1. The fourth-order valence-corrected chi connectivity index (χ4v) is 7.60. The maximum Gasteiger partial charge on any atom is 0.262 e. The van der Waals surface area contributed by atoms with E-state index in [1.165, 1.54) is 5.57 Å². The summed E-state index contributed by atoms with van der Waals surface area (Å²) in [5.41, 5.74) is 4.95. The zero-order valence-corrected chi connectivity index (χ0v) is 27.0. The number of nitrogens with zero attached hydrogens (tertiary/aromatic N) is 2. The number of ketones is 1. The maximum absolute atomic E-state index is 14.5. The van der Waals surface area contributed by atoms with E-state index < -0.39 is 0 Å². The van der Waals surface area contributed by atoms with Crippen molar-refractivity contribution in [1.82, 2.24) is 9.80 Å². The van der Waals surface area contributed by atoms with Crippen molar-refractivity contribution < 1.29 is 14.3 Å². The van der Waals surface area contributed by atoms with Crippen molar-refractivity contribution in [1.29, 1.82) is 0 Å². The van der Waals surface area contributed by atoms with Gasteiger partial charge in [-0.25, -0.2) is 0 Å². The van der Waals surface area contributed by atoms with Crippen LogP contribution in [0.5, 0.6) is 0 Å². The van der Waals surface area contributed by atoms with Gasteiger partial charge < -0.3 is 4.74 Å². The summed E-state index contributed by atoms with van der Waals surface area (Å²) in [7, 11) is 0. The Balaban J connectivity index is 1.82. The Kier molecular flexibility index (Phi) is 9.82. The Hall–Kier alpha value is -3.18. The van der Waals surface area contributed by atoms with Crippen LogP contribution in [0.3, 0.4) is 0 Å². The highest BCUT2D eigenvalue weighted by atomic mass is 16.5. The van der Waals surface area contributed by atoms with Gasteiger partial charge in [-0.1, -0.05) is 70.2 Å². The minimum absolute atomic E-state index is 0.0349. The van der Waals surface area contributed by atoms with Crippen LogP contribution in [0.25, 0.3) is 0 Å². The molecule has 1 amide bonds. The molecule has 3 aliphatic carbocycles. The highest BCUT2D eigenvalue weighted by molar-refractivity contribution is 5.99. The topological polar surface area (TPSA) is 49.9 Å². The Morgan fingerprint density at radius 3 is 2.38 bits per heavy atom. The molecule has 226 valence electrons. The third kappa shape index (κ3) is 5.73. The molecule has 5 atom stereocenters. The van der Waals surface area contributed by atoms with E-state index in [4.69, 9.17) is 4.74 Å². The van der Waals surface area contributed by atoms with E-state index in [2.05, 4.69) is 64.3 Å². The lowest BCUT2D eigenvalue weighted by Gasteiger charge is -2.54. The van der Waals surface area contributed by atoms with Crippen LogP contribution in [-0.2, 0) is 9.53 Å². The van der Waals surface area contributed by atoms with Gasteiger partial charge in [-0.2, -0.15) is 0 Å². The molecule has 1 fully saturated rings. The van der Waals surface area contributed by atoms with E-state index in [-0.39, 0.29) is 35.0 Å². The van der Waals surface area contributed by atoms with Crippen molar-refractivity contribution in [3.63, 3.8) is 0 Å². The van der Waals surface area contributed by atoms with Crippen LogP contribution in [0.1, 0.15) is 83.7 Å². The number of allylic oxidation sites excluding steroid dienone is 6. The molecule has 0 aromatic heterocycles. The number of ether oxygens (including phenoxy) is 1. The molecule has 42 heavy (non-hydrogen) atoms. The molecular formula is C37H50N2O3. The lowest BCUT2D eigenvalue weighted by Crippen LogP contribution is -2.48. The molecule has 1 aromatic carbocycles. The number of carbonyl (C=O) groups is 2. The molecule has 0 saturated heterocycles. The van der Waals surface area contributed by atoms with Gasteiger partial charge in [0, 0.05) is 28.3 Å². The first-order valence-electron chi connectivity index (χ1n) is 15.8. The predicted molar refractivity (Wildman–Crippen MR) is 172 cm³/mol. The van der Waals surface area contributed by atoms with E-state index >= 15 is 0 Å². The van der Waals surface area contributed by atoms with Crippen molar-refractivity contribution in [3.05, 3.63) is 94.6 Å². The first-order chi connectivity index (χ1) is 20.0. The summed E-state index contributed by atoms with van der Waals surface area (Å²) < 4.78 is 6.31. The average molecular weight is 571 g/mol. The van der Waals surface area contributed by atoms with Crippen LogP contribution >= 0.6 is 0 Å². The van der Waals surface area contributed by atoms with Gasteiger partial charge in [-0.05, 0) is 102 Å². The van der Waals surface area contributed by atoms with E-state index in [1.54, 1.807) is 6.92 Å². The number of hydrogen-bond donors (Lipinski definition) is 0. The first kappa shape index (κ1) is 31.7. The summed E-state index contributed by atoms with van der Waals surface area (Å²) in [6, 6.07) is 7.74. The lowest BCUT2D eigenvalue weighted by molar-refractivity contribution is -0.113. The van der Waals surface area contributed by atoms with Gasteiger partial charge in [0.05, 0.1) is 12.3 Å². The van der Waals surface area contributed by atoms with Crippen LogP contribution in [0, 0.1) is 30.1 Å². The number of amides is 1. The normalized spacial score (nSPS) is 25.4. The standard InChI is InChI=1S/C37H50N2O3/c1-10-20-38(21-11-2)26(6)27(7)39(36(41)29-17-14-13-16-24(29)4)32-22-37(9,23-33(32)42-12-3)35-25(5)34-30(28(8)40)18-15-19-31(34)35/h13-18,22-23,25-26,31,35H,7,10-12,19-21H2,1-6,8-9H3. The third-order valence-corrected chi connectivity index (χ3v) is 9.55. The Morgan fingerprint density at radius 2 is 1.79 bits per heavy atom. The van der Waals surface area contributed by atoms with Gasteiger partial charge in [0.2, 0.25) is 0 Å². The summed E-state index contributed by atoms with van der Waals surface area (Å²) in [6.45, 7) is 23.6. The van der Waals surface area contributed by atoms with Crippen LogP contribution in [-0.4, -0.2) is 47.2 Å². The zero-order chi connectivity index (χ0) is 30.8. The molecule has 4 rings (SSSR count). The van der Waals surface area contributed by atoms with Crippen molar-refractivity contribution in [2.75, 3.05) is 19.7 Å². The number of benzene rings is 1. The number of Topliss-reactive ketones (excluding diaryl/α,β-unsaturated/α-hetero) is 1. The zero-order valence-electron chi connectivity index (χ0n) is 27.0. The fraction of sp³-hybridized carbons (Fsp3) is 0.514. The van der Waals surface area contributed by atoms with Crippen LogP contribution in [0.4, 0.5) is 0 Å². The molecule has 0 N–H and O–H groups in total. The second-order valence-corrected chi connectivity index (χ2v) is 12.5. The smallest absolute Gasteiger partial charge is 0.262 e. The first-order valence-corrected chi connectivity index (χ1v) is 15.8. The SMILES string of the molecule is C=C(C(C)N(CCC)CCC)N(C(=O)c1ccccc1C)C1=CC(C)(C2C(C)C3=C(C(C)=O)C=CCC32)C=C1OCC. The largest absolute Gasteiger partial charge is 0.492 e. The Morgan fingerprint density at radius 1 is 1.12 bits per heavy atom. The summed E-state index contributed by atoms with van der Waals surface area (Å²) in [5.74, 6) is 1.63. The molecule has 0 aliphatic heterocycles. The van der Waals surface area contributed by atoms with E-state index in [9.17, 15) is 9.59 Å². The molecule has 0 bridgehead atoms. The molecule has 0 heterocycles. The van der Waals surface area contributed by atoms with Gasteiger partial charge in [0.15, 0.2) is 5.78 Å². The van der Waals surface area contributed by atoms with Crippen molar-refractivity contribution in [2.45, 2.75) is 80.7 Å². The molecule has 5 heteroatoms. The predicted octanol–water partition coefficient (Wildman–Crippen LogP) is 8.01. The minimum atomic E-state index is -0.346. The minimum Gasteiger partial charge on any atom is -0.492 e. The highest BCUT2D eigenvalue weighted by Gasteiger charge is 2.54. The molecule has 0 spiro atoms. The molecule has 1 saturated carbocycles. The lowest BCUT2D eigenvalue weighted by atomic mass is 9.49. The highest BCUT2D eigenvalue weighted by Crippen LogP contribution is 2.61. The Bertz CT molecular complexity index is 1340. The Labute approximate surface area is 253 Å². The van der Waals surface area contributed by atoms with Gasteiger partial charge in [-0.3, -0.25) is 19.4 Å². The van der Waals surface area contributed by atoms with Crippen LogP contribution < -0.4 is 0 Å². The van der Waals surface area contributed by atoms with Gasteiger partial charge in [-0.15, -0.1) is 0 Å². The van der Waals surface area contributed by atoms with Crippen molar-refractivity contribution in [3.8, 4) is 0 Å². The second-order valence-electron chi connectivity index (χ2n) is 12.5. The van der Waals surface area contributed by atoms with Crippen molar-refractivity contribution in [2.24, 2.45) is 23.2 Å². The van der Waals surface area contributed by atoms with E-state index in [1.807, 2.05) is 49.1 Å². The number of hydrogen-bond acceptors (Lipinski definition) is 4. The van der Waals surface area contributed by atoms with Crippen LogP contribution in [0.2, 0.25) is 0 Å². The summed E-state index contributed by atoms with van der Waals surface area (Å²) in [4.78, 5) is 31.2. The summed E-state index contributed by atoms with van der Waals surface area (Å²) >= 11 is 0. The number of fused-ring (bicyclic) bond motifs is 1. The molecule has 1 aromatic rings. The second kappa shape index (κ2) is 13.0. The number of rotatable bonds is 13. The fourth-order valence-electron chi connectivity index (χ4n) is 7.60. The van der Waals surface area contributed by atoms with Crippen LogP contribution in [0.15, 0.2) is 83.4 Å².